The van der Waals surface area contributed by atoms with Crippen LogP contribution in [0.3, 0.4) is 0 Å². The third-order valence-corrected chi connectivity index (χ3v) is 3.14. The highest BCUT2D eigenvalue weighted by Gasteiger charge is 2.17. The highest BCUT2D eigenvalue weighted by Crippen LogP contribution is 2.13. The quantitative estimate of drug-likeness (QED) is 0.749. The summed E-state index contributed by atoms with van der Waals surface area (Å²) in [6.45, 7) is 1.93. The molecule has 1 aromatic rings. The Morgan fingerprint density at radius 2 is 2.05 bits per heavy atom. The zero-order valence-electron chi connectivity index (χ0n) is 11.3. The molecule has 1 aromatic carbocycles. The van der Waals surface area contributed by atoms with Gasteiger partial charge in [0, 0.05) is 13.5 Å². The van der Waals surface area contributed by atoms with Gasteiger partial charge in [-0.3, -0.25) is 4.79 Å². The molecule has 0 saturated carbocycles. The molecule has 19 heavy (non-hydrogen) atoms. The monoisotopic (exact) mass is 280 g/mol. The van der Waals surface area contributed by atoms with E-state index in [1.54, 1.807) is 7.11 Å². The van der Waals surface area contributed by atoms with Crippen LogP contribution in [0.5, 0.6) is 0 Å². The number of ether oxygens (including phenoxy) is 1. The summed E-state index contributed by atoms with van der Waals surface area (Å²) in [7, 11) is 1.63. The van der Waals surface area contributed by atoms with Gasteiger partial charge in [-0.15, -0.1) is 0 Å². The third-order valence-electron chi connectivity index (χ3n) is 2.90. The molecule has 0 aliphatic carbocycles. The van der Waals surface area contributed by atoms with E-state index in [9.17, 15) is 4.79 Å². The summed E-state index contributed by atoms with van der Waals surface area (Å²) in [6.07, 6.45) is 1.12. The highest BCUT2D eigenvalue weighted by atomic mass is 32.1. The fourth-order valence-electron chi connectivity index (χ4n) is 1.65. The molecule has 0 spiro atoms. The molecule has 2 atom stereocenters. The normalized spacial score (nSPS) is 13.6. The predicted molar refractivity (Wildman–Crippen MR) is 79.8 cm³/mol. The SMILES string of the molecule is COC(C)CCC(=O)NC(C(N)=S)c1ccccc1. The lowest BCUT2D eigenvalue weighted by molar-refractivity contribution is -0.122. The van der Waals surface area contributed by atoms with Gasteiger partial charge in [0.15, 0.2) is 0 Å². The average Bonchev–Trinajstić information content (AvgIpc) is 2.42. The average molecular weight is 280 g/mol. The van der Waals surface area contributed by atoms with Crippen LogP contribution in [0.2, 0.25) is 0 Å². The fraction of sp³-hybridized carbons (Fsp3) is 0.429. The van der Waals surface area contributed by atoms with E-state index in [0.717, 1.165) is 5.56 Å². The van der Waals surface area contributed by atoms with Crippen LogP contribution in [-0.2, 0) is 9.53 Å². The number of amides is 1. The summed E-state index contributed by atoms with van der Waals surface area (Å²) in [6, 6.07) is 9.05. The smallest absolute Gasteiger partial charge is 0.220 e. The van der Waals surface area contributed by atoms with Crippen LogP contribution < -0.4 is 11.1 Å². The maximum atomic E-state index is 11.9. The molecule has 0 aromatic heterocycles. The van der Waals surface area contributed by atoms with E-state index in [0.29, 0.717) is 12.8 Å². The lowest BCUT2D eigenvalue weighted by atomic mass is 10.1. The third kappa shape index (κ3) is 5.36. The van der Waals surface area contributed by atoms with Gasteiger partial charge in [-0.05, 0) is 18.9 Å². The van der Waals surface area contributed by atoms with Gasteiger partial charge in [-0.1, -0.05) is 42.5 Å². The molecule has 0 bridgehead atoms. The molecular formula is C14H20N2O2S. The Morgan fingerprint density at radius 1 is 1.42 bits per heavy atom. The van der Waals surface area contributed by atoms with Crippen molar-refractivity contribution in [1.82, 2.24) is 5.32 Å². The van der Waals surface area contributed by atoms with E-state index in [1.807, 2.05) is 37.3 Å². The summed E-state index contributed by atoms with van der Waals surface area (Å²) in [5, 5.41) is 2.85. The summed E-state index contributed by atoms with van der Waals surface area (Å²) in [5.74, 6) is -0.0782. The fourth-order valence-corrected chi connectivity index (χ4v) is 1.84. The minimum atomic E-state index is -0.415. The Hall–Kier alpha value is -1.46. The van der Waals surface area contributed by atoms with Crippen LogP contribution in [-0.4, -0.2) is 24.1 Å². The first-order valence-electron chi connectivity index (χ1n) is 6.21. The number of carbonyl (C=O) groups excluding carboxylic acids is 1. The summed E-state index contributed by atoms with van der Waals surface area (Å²) >= 11 is 5.01. The van der Waals surface area contributed by atoms with Crippen LogP contribution in [0.15, 0.2) is 30.3 Å². The number of hydrogen-bond donors (Lipinski definition) is 2. The molecular weight excluding hydrogens is 260 g/mol. The molecule has 0 fully saturated rings. The van der Waals surface area contributed by atoms with Crippen molar-refractivity contribution in [3.05, 3.63) is 35.9 Å². The molecule has 0 radical (unpaired) electrons. The van der Waals surface area contributed by atoms with Crippen molar-refractivity contribution in [2.45, 2.75) is 31.9 Å². The van der Waals surface area contributed by atoms with E-state index < -0.39 is 6.04 Å². The second kappa shape index (κ2) is 7.86. The Morgan fingerprint density at radius 3 is 2.58 bits per heavy atom. The lowest BCUT2D eigenvalue weighted by Gasteiger charge is -2.18. The predicted octanol–water partition coefficient (Wildman–Crippen LogP) is 1.95. The van der Waals surface area contributed by atoms with Gasteiger partial charge in [0.25, 0.3) is 0 Å². The number of nitrogens with two attached hydrogens (primary N) is 1. The minimum Gasteiger partial charge on any atom is -0.391 e. The van der Waals surface area contributed by atoms with Crippen molar-refractivity contribution >= 4 is 23.1 Å². The summed E-state index contributed by atoms with van der Waals surface area (Å²) < 4.78 is 5.11. The van der Waals surface area contributed by atoms with Gasteiger partial charge in [-0.2, -0.15) is 0 Å². The van der Waals surface area contributed by atoms with Crippen LogP contribution in [0, 0.1) is 0 Å². The Bertz CT molecular complexity index is 423. The number of benzene rings is 1. The summed E-state index contributed by atoms with van der Waals surface area (Å²) in [5.41, 5.74) is 6.58. The second-order valence-electron chi connectivity index (χ2n) is 4.40. The van der Waals surface area contributed by atoms with Gasteiger partial charge >= 0.3 is 0 Å². The zero-order valence-corrected chi connectivity index (χ0v) is 12.1. The van der Waals surface area contributed by atoms with Crippen LogP contribution >= 0.6 is 12.2 Å². The first kappa shape index (κ1) is 15.6. The molecule has 0 aliphatic rings. The van der Waals surface area contributed by atoms with Gasteiger partial charge in [0.2, 0.25) is 5.91 Å². The Labute approximate surface area is 119 Å². The highest BCUT2D eigenvalue weighted by molar-refractivity contribution is 7.80. The molecule has 0 heterocycles. The standard InChI is InChI=1S/C14H20N2O2S/c1-10(18-2)8-9-12(17)16-13(14(15)19)11-6-4-3-5-7-11/h3-7,10,13H,8-9H2,1-2H3,(H2,15,19)(H,16,17). The molecule has 1 rings (SSSR count). The number of rotatable bonds is 7. The number of carbonyl (C=O) groups is 1. The topological polar surface area (TPSA) is 64.3 Å². The number of thiocarbonyl (C=S) groups is 1. The molecule has 3 N–H and O–H groups in total. The van der Waals surface area contributed by atoms with Crippen molar-refractivity contribution < 1.29 is 9.53 Å². The van der Waals surface area contributed by atoms with Gasteiger partial charge in [0.1, 0.15) is 11.0 Å². The Kier molecular flexibility index (Phi) is 6.45. The maximum absolute atomic E-state index is 11.9. The molecule has 5 heteroatoms. The van der Waals surface area contributed by atoms with Crippen molar-refractivity contribution in [2.24, 2.45) is 5.73 Å². The van der Waals surface area contributed by atoms with Crippen molar-refractivity contribution in [1.29, 1.82) is 0 Å². The summed E-state index contributed by atoms with van der Waals surface area (Å²) in [4.78, 5) is 12.1. The van der Waals surface area contributed by atoms with E-state index in [2.05, 4.69) is 5.32 Å². The minimum absolute atomic E-state index is 0.0609. The van der Waals surface area contributed by atoms with E-state index in [1.165, 1.54) is 0 Å². The van der Waals surface area contributed by atoms with E-state index >= 15 is 0 Å². The maximum Gasteiger partial charge on any atom is 0.220 e. The first-order chi connectivity index (χ1) is 9.04. The van der Waals surface area contributed by atoms with Crippen LogP contribution in [0.1, 0.15) is 31.4 Å². The van der Waals surface area contributed by atoms with Crippen LogP contribution in [0.4, 0.5) is 0 Å². The van der Waals surface area contributed by atoms with Crippen molar-refractivity contribution in [2.75, 3.05) is 7.11 Å². The zero-order chi connectivity index (χ0) is 14.3. The van der Waals surface area contributed by atoms with Gasteiger partial charge in [0.05, 0.1) is 6.10 Å². The van der Waals surface area contributed by atoms with Crippen LogP contribution in [0.25, 0.3) is 0 Å². The molecule has 104 valence electrons. The molecule has 0 saturated heterocycles. The number of hydrogen-bond acceptors (Lipinski definition) is 3. The Balaban J connectivity index is 2.60. The molecule has 0 aliphatic heterocycles. The lowest BCUT2D eigenvalue weighted by Crippen LogP contribution is -2.36. The molecule has 1 amide bonds. The van der Waals surface area contributed by atoms with Gasteiger partial charge in [-0.25, -0.2) is 0 Å². The van der Waals surface area contributed by atoms with E-state index in [-0.39, 0.29) is 17.0 Å². The van der Waals surface area contributed by atoms with Gasteiger partial charge < -0.3 is 15.8 Å². The first-order valence-corrected chi connectivity index (χ1v) is 6.61. The van der Waals surface area contributed by atoms with Crippen molar-refractivity contribution in [3.8, 4) is 0 Å². The molecule has 4 nitrogen and oxygen atoms in total. The van der Waals surface area contributed by atoms with Crippen molar-refractivity contribution in [3.63, 3.8) is 0 Å². The number of methoxy groups -OCH3 is 1. The second-order valence-corrected chi connectivity index (χ2v) is 4.87. The molecule has 2 unspecified atom stereocenters. The largest absolute Gasteiger partial charge is 0.391 e. The number of nitrogens with one attached hydrogen (secondary N) is 1. The van der Waals surface area contributed by atoms with E-state index in [4.69, 9.17) is 22.7 Å².